The van der Waals surface area contributed by atoms with Gasteiger partial charge in [0.05, 0.1) is 36.6 Å². The molecule has 1 aromatic heterocycles. The lowest BCUT2D eigenvalue weighted by Gasteiger charge is -2.37. The molecule has 198 valence electrons. The summed E-state index contributed by atoms with van der Waals surface area (Å²) in [5.41, 5.74) is -1.17. The number of thioether (sulfide) groups is 1. The smallest absolute Gasteiger partial charge is 0.177 e. The lowest BCUT2D eigenvalue weighted by atomic mass is 9.90. The molecule has 0 aliphatic carbocycles. The Kier molecular flexibility index (Phi) is 9.01. The van der Waals surface area contributed by atoms with Gasteiger partial charge in [0.25, 0.3) is 0 Å². The van der Waals surface area contributed by atoms with Crippen molar-refractivity contribution in [1.82, 2.24) is 14.8 Å². The quantitative estimate of drug-likeness (QED) is 0.396. The van der Waals surface area contributed by atoms with Crippen molar-refractivity contribution in [2.75, 3.05) is 13.2 Å². The maximum absolute atomic E-state index is 14.7. The predicted octanol–water partition coefficient (Wildman–Crippen LogP) is 4.59. The lowest BCUT2D eigenvalue weighted by molar-refractivity contribution is -0.146. The van der Waals surface area contributed by atoms with Crippen molar-refractivity contribution in [3.05, 3.63) is 101 Å². The van der Waals surface area contributed by atoms with E-state index in [2.05, 4.69) is 10.1 Å². The molecule has 1 fully saturated rings. The second kappa shape index (κ2) is 12.4. The molecule has 1 aliphatic rings. The van der Waals surface area contributed by atoms with Crippen LogP contribution in [0.25, 0.3) is 6.08 Å². The van der Waals surface area contributed by atoms with Gasteiger partial charge in [-0.05, 0) is 24.3 Å². The number of halogens is 3. The van der Waals surface area contributed by atoms with E-state index in [4.69, 9.17) is 14.7 Å². The molecule has 2 aromatic carbocycles. The fourth-order valence-corrected chi connectivity index (χ4v) is 5.29. The number of benzene rings is 2. The van der Waals surface area contributed by atoms with E-state index in [1.54, 1.807) is 31.2 Å². The van der Waals surface area contributed by atoms with Gasteiger partial charge >= 0.3 is 0 Å². The highest BCUT2D eigenvalue weighted by molar-refractivity contribution is 8.00. The Hall–Kier alpha value is -3.43. The highest BCUT2D eigenvalue weighted by Gasteiger charge is 2.41. The Morgan fingerprint density at radius 3 is 2.63 bits per heavy atom. The van der Waals surface area contributed by atoms with E-state index in [9.17, 15) is 18.3 Å². The topological polar surface area (TPSA) is 93.2 Å². The lowest BCUT2D eigenvalue weighted by Crippen LogP contribution is -2.43. The number of nitrogens with zero attached hydrogens (tertiary/aromatic N) is 4. The van der Waals surface area contributed by atoms with E-state index in [1.807, 2.05) is 6.07 Å². The first-order valence-corrected chi connectivity index (χ1v) is 12.7. The zero-order valence-corrected chi connectivity index (χ0v) is 21.2. The zero-order chi connectivity index (χ0) is 27.1. The molecule has 0 radical (unpaired) electrons. The van der Waals surface area contributed by atoms with E-state index >= 15 is 0 Å². The molecule has 1 aliphatic heterocycles. The van der Waals surface area contributed by atoms with Crippen LogP contribution in [-0.2, 0) is 21.6 Å². The molecule has 11 heteroatoms. The van der Waals surface area contributed by atoms with E-state index < -0.39 is 34.6 Å². The van der Waals surface area contributed by atoms with Crippen LogP contribution in [-0.4, -0.2) is 49.9 Å². The van der Waals surface area contributed by atoms with Crippen molar-refractivity contribution < 1.29 is 27.8 Å². The van der Waals surface area contributed by atoms with Gasteiger partial charge in [0.15, 0.2) is 6.29 Å². The summed E-state index contributed by atoms with van der Waals surface area (Å²) in [4.78, 5) is 3.88. The number of rotatable bonds is 9. The minimum atomic E-state index is -1.72. The fraction of sp³-hybridized carbons (Fsp3) is 0.296. The van der Waals surface area contributed by atoms with Crippen molar-refractivity contribution in [3.8, 4) is 6.07 Å². The van der Waals surface area contributed by atoms with Crippen molar-refractivity contribution in [2.45, 2.75) is 35.9 Å². The summed E-state index contributed by atoms with van der Waals surface area (Å²) >= 11 is 1.36. The van der Waals surface area contributed by atoms with Gasteiger partial charge in [0.1, 0.15) is 35.7 Å². The average molecular weight is 543 g/mol. The molecule has 38 heavy (non-hydrogen) atoms. The summed E-state index contributed by atoms with van der Waals surface area (Å²) in [6.07, 6.45) is 8.68. The first kappa shape index (κ1) is 27.6. The van der Waals surface area contributed by atoms with Gasteiger partial charge < -0.3 is 14.6 Å². The Bertz CT molecular complexity index is 1340. The van der Waals surface area contributed by atoms with Crippen LogP contribution in [0, 0.1) is 28.8 Å². The van der Waals surface area contributed by atoms with Crippen LogP contribution < -0.4 is 0 Å². The predicted molar refractivity (Wildman–Crippen MR) is 136 cm³/mol. The van der Waals surface area contributed by atoms with Crippen LogP contribution >= 0.6 is 11.8 Å². The Morgan fingerprint density at radius 2 is 1.97 bits per heavy atom. The average Bonchev–Trinajstić information content (AvgIpc) is 3.40. The van der Waals surface area contributed by atoms with Crippen LogP contribution in [0.5, 0.6) is 0 Å². The molecule has 0 amide bonds. The van der Waals surface area contributed by atoms with E-state index in [-0.39, 0.29) is 22.9 Å². The Morgan fingerprint density at radius 1 is 1.18 bits per heavy atom. The van der Waals surface area contributed by atoms with Gasteiger partial charge in [-0.2, -0.15) is 10.4 Å². The molecule has 0 bridgehead atoms. The maximum atomic E-state index is 14.7. The molecule has 1 saturated heterocycles. The molecule has 2 heterocycles. The van der Waals surface area contributed by atoms with Gasteiger partial charge in [-0.3, -0.25) is 0 Å². The van der Waals surface area contributed by atoms with Crippen LogP contribution in [0.15, 0.2) is 67.3 Å². The van der Waals surface area contributed by atoms with Crippen LogP contribution in [0.4, 0.5) is 13.2 Å². The molecule has 0 unspecified atom stereocenters. The summed E-state index contributed by atoms with van der Waals surface area (Å²) in [7, 11) is 0. The van der Waals surface area contributed by atoms with E-state index in [0.717, 1.165) is 12.1 Å². The minimum absolute atomic E-state index is 0.0432. The highest BCUT2D eigenvalue weighted by atomic mass is 32.2. The molecule has 0 saturated carbocycles. The molecule has 0 spiro atoms. The highest BCUT2D eigenvalue weighted by Crippen LogP contribution is 2.38. The number of hydrogen-bond acceptors (Lipinski definition) is 7. The summed E-state index contributed by atoms with van der Waals surface area (Å²) in [6.45, 7) is 2.28. The second-order valence-corrected chi connectivity index (χ2v) is 10.3. The molecule has 1 N–H and O–H groups in total. The molecule has 4 rings (SSSR count). The number of ether oxygens (including phenoxy) is 2. The zero-order valence-electron chi connectivity index (χ0n) is 20.4. The van der Waals surface area contributed by atoms with Gasteiger partial charge in [0, 0.05) is 22.4 Å². The number of aromatic nitrogens is 3. The molecule has 2 atom stereocenters. The first-order valence-electron chi connectivity index (χ1n) is 11.7. The number of nitriles is 1. The summed E-state index contributed by atoms with van der Waals surface area (Å²) in [5.74, 6) is -2.08. The monoisotopic (exact) mass is 542 g/mol. The summed E-state index contributed by atoms with van der Waals surface area (Å²) in [6, 6.07) is 9.21. The minimum Gasteiger partial charge on any atom is -0.382 e. The van der Waals surface area contributed by atoms with E-state index in [0.29, 0.717) is 18.8 Å². The third-order valence-corrected chi connectivity index (χ3v) is 7.47. The van der Waals surface area contributed by atoms with Crippen molar-refractivity contribution >= 4 is 17.8 Å². The van der Waals surface area contributed by atoms with Crippen LogP contribution in [0.1, 0.15) is 23.6 Å². The van der Waals surface area contributed by atoms with Gasteiger partial charge in [-0.15, -0.1) is 11.8 Å². The van der Waals surface area contributed by atoms with E-state index in [1.165, 1.54) is 53.4 Å². The third kappa shape index (κ3) is 6.71. The van der Waals surface area contributed by atoms with Crippen molar-refractivity contribution in [3.63, 3.8) is 0 Å². The summed E-state index contributed by atoms with van der Waals surface area (Å²) < 4.78 is 55.1. The third-order valence-electron chi connectivity index (χ3n) is 6.01. The molecule has 7 nitrogen and oxygen atoms in total. The van der Waals surface area contributed by atoms with Gasteiger partial charge in [-0.1, -0.05) is 37.3 Å². The van der Waals surface area contributed by atoms with Crippen LogP contribution in [0.3, 0.4) is 0 Å². The van der Waals surface area contributed by atoms with Gasteiger partial charge in [0.2, 0.25) is 0 Å². The normalized spacial score (nSPS) is 20.4. The number of allylic oxidation sites excluding steroid dienone is 2. The Labute approximate surface area is 222 Å². The van der Waals surface area contributed by atoms with Crippen LogP contribution in [0.2, 0.25) is 0 Å². The SMILES string of the molecule is C[C@@H](SC1COC(C=CC=Cc2ccc(C#N)cc2F)OC1)[C@](O)(Cn1cncn1)c1ccc(F)cc1F. The fourth-order valence-electron chi connectivity index (χ4n) is 3.97. The largest absolute Gasteiger partial charge is 0.382 e. The molecular formula is C27H25F3N4O3S. The Balaban J connectivity index is 1.36. The van der Waals surface area contributed by atoms with Crippen molar-refractivity contribution in [2.24, 2.45) is 0 Å². The molecular weight excluding hydrogens is 517 g/mol. The number of hydrogen-bond donors (Lipinski definition) is 1. The van der Waals surface area contributed by atoms with Gasteiger partial charge in [-0.25, -0.2) is 22.8 Å². The second-order valence-electron chi connectivity index (χ2n) is 8.67. The first-order chi connectivity index (χ1) is 18.3. The number of aliphatic hydroxyl groups is 1. The standard InChI is InChI=1S/C27H25F3N4O3S/c1-18(27(35,15-34-17-32-16-33-34)23-9-8-21(28)11-25(23)30)38-22-13-36-26(37-14-22)5-3-2-4-20-7-6-19(12-31)10-24(20)29/h2-11,16-18,22,26,35H,13-15H2,1H3/t18-,22?,26?,27-/m1/s1. The summed E-state index contributed by atoms with van der Waals surface area (Å²) in [5, 5.41) is 23.8. The van der Waals surface area contributed by atoms with Crippen molar-refractivity contribution in [1.29, 1.82) is 5.26 Å². The maximum Gasteiger partial charge on any atom is 0.177 e. The molecule has 3 aromatic rings.